The van der Waals surface area contributed by atoms with E-state index in [9.17, 15) is 13.2 Å². The van der Waals surface area contributed by atoms with Crippen LogP contribution in [0.2, 0.25) is 0 Å². The zero-order valence-electron chi connectivity index (χ0n) is 9.81. The van der Waals surface area contributed by atoms with Crippen molar-refractivity contribution in [2.45, 2.75) is 13.5 Å². The van der Waals surface area contributed by atoms with Crippen molar-refractivity contribution in [3.63, 3.8) is 0 Å². The van der Waals surface area contributed by atoms with Crippen molar-refractivity contribution in [2.75, 3.05) is 5.32 Å². The molecule has 1 nitrogen and oxygen atoms in total. The highest BCUT2D eigenvalue weighted by Gasteiger charge is 2.10. The van der Waals surface area contributed by atoms with Gasteiger partial charge in [0, 0.05) is 18.7 Å². The molecular formula is C14H12F3N. The summed E-state index contributed by atoms with van der Waals surface area (Å²) in [7, 11) is 0. The summed E-state index contributed by atoms with van der Waals surface area (Å²) in [5.41, 5.74) is 1.81. The van der Waals surface area contributed by atoms with Gasteiger partial charge in [0.15, 0.2) is 11.6 Å². The molecule has 18 heavy (non-hydrogen) atoms. The van der Waals surface area contributed by atoms with Crippen LogP contribution in [0, 0.1) is 24.4 Å². The van der Waals surface area contributed by atoms with Gasteiger partial charge in [-0.25, -0.2) is 13.2 Å². The zero-order valence-corrected chi connectivity index (χ0v) is 9.81. The molecule has 0 bridgehead atoms. The number of hydrogen-bond acceptors (Lipinski definition) is 1. The fraction of sp³-hybridized carbons (Fsp3) is 0.143. The molecule has 0 heterocycles. The third kappa shape index (κ3) is 2.83. The number of rotatable bonds is 3. The minimum absolute atomic E-state index is 0.172. The summed E-state index contributed by atoms with van der Waals surface area (Å²) in [4.78, 5) is 0. The number of nitrogens with one attached hydrogen (secondary N) is 1. The van der Waals surface area contributed by atoms with Crippen LogP contribution in [0.1, 0.15) is 11.1 Å². The summed E-state index contributed by atoms with van der Waals surface area (Å²) in [5.74, 6) is -3.06. The topological polar surface area (TPSA) is 12.0 Å². The molecule has 2 aromatic rings. The second-order valence-corrected chi connectivity index (χ2v) is 4.09. The Labute approximate surface area is 103 Å². The Morgan fingerprint density at radius 2 is 1.83 bits per heavy atom. The third-order valence-electron chi connectivity index (χ3n) is 2.56. The second-order valence-electron chi connectivity index (χ2n) is 4.09. The smallest absolute Gasteiger partial charge is 0.182 e. The van der Waals surface area contributed by atoms with Crippen molar-refractivity contribution >= 4 is 5.69 Å². The van der Waals surface area contributed by atoms with Gasteiger partial charge in [-0.15, -0.1) is 0 Å². The lowest BCUT2D eigenvalue weighted by Crippen LogP contribution is -2.03. The molecule has 0 atom stereocenters. The van der Waals surface area contributed by atoms with Crippen LogP contribution in [-0.4, -0.2) is 0 Å². The molecule has 4 heteroatoms. The van der Waals surface area contributed by atoms with E-state index in [1.807, 2.05) is 31.2 Å². The quantitative estimate of drug-likeness (QED) is 0.812. The van der Waals surface area contributed by atoms with Crippen molar-refractivity contribution in [3.05, 3.63) is 65.0 Å². The van der Waals surface area contributed by atoms with Gasteiger partial charge >= 0.3 is 0 Å². The Kier molecular flexibility index (Phi) is 3.55. The molecule has 0 saturated carbocycles. The Bertz CT molecular complexity index is 567. The van der Waals surface area contributed by atoms with E-state index in [1.54, 1.807) is 0 Å². The van der Waals surface area contributed by atoms with Crippen molar-refractivity contribution in [1.82, 2.24) is 0 Å². The maximum atomic E-state index is 13.4. The maximum absolute atomic E-state index is 13.4. The normalized spacial score (nSPS) is 10.4. The summed E-state index contributed by atoms with van der Waals surface area (Å²) >= 11 is 0. The highest BCUT2D eigenvalue weighted by atomic mass is 19.2. The Morgan fingerprint density at radius 1 is 1.06 bits per heavy atom. The lowest BCUT2D eigenvalue weighted by Gasteiger charge is -2.09. The largest absolute Gasteiger partial charge is 0.378 e. The Hall–Kier alpha value is -1.97. The van der Waals surface area contributed by atoms with E-state index >= 15 is 0 Å². The lowest BCUT2D eigenvalue weighted by atomic mass is 10.1. The van der Waals surface area contributed by atoms with Crippen molar-refractivity contribution in [3.8, 4) is 0 Å². The van der Waals surface area contributed by atoms with Crippen LogP contribution in [-0.2, 0) is 6.54 Å². The second kappa shape index (κ2) is 5.12. The van der Waals surface area contributed by atoms with E-state index in [0.717, 1.165) is 17.2 Å². The SMILES string of the molecule is Cc1cccc(CNc2cc(F)cc(F)c2F)c1. The van der Waals surface area contributed by atoms with Gasteiger partial charge in [-0.1, -0.05) is 29.8 Å². The minimum Gasteiger partial charge on any atom is -0.378 e. The van der Waals surface area contributed by atoms with Crippen molar-refractivity contribution in [1.29, 1.82) is 0 Å². The first kappa shape index (κ1) is 12.5. The van der Waals surface area contributed by atoms with E-state index < -0.39 is 17.5 Å². The predicted octanol–water partition coefficient (Wildman–Crippen LogP) is 4.02. The molecule has 0 saturated heterocycles. The molecule has 0 radical (unpaired) electrons. The van der Waals surface area contributed by atoms with E-state index in [0.29, 0.717) is 12.6 Å². The zero-order chi connectivity index (χ0) is 13.1. The van der Waals surface area contributed by atoms with Gasteiger partial charge in [0.1, 0.15) is 5.82 Å². The maximum Gasteiger partial charge on any atom is 0.182 e. The number of halogens is 3. The molecule has 1 N–H and O–H groups in total. The fourth-order valence-electron chi connectivity index (χ4n) is 1.70. The first-order chi connectivity index (χ1) is 8.56. The molecule has 2 rings (SSSR count). The van der Waals surface area contributed by atoms with Crippen molar-refractivity contribution in [2.24, 2.45) is 0 Å². The van der Waals surface area contributed by atoms with E-state index in [-0.39, 0.29) is 5.69 Å². The molecule has 0 aliphatic rings. The van der Waals surface area contributed by atoms with Crippen LogP contribution < -0.4 is 5.32 Å². The fourth-order valence-corrected chi connectivity index (χ4v) is 1.70. The van der Waals surface area contributed by atoms with Gasteiger partial charge in [-0.05, 0) is 12.5 Å². The molecule has 0 amide bonds. The molecular weight excluding hydrogens is 239 g/mol. The molecule has 0 aliphatic heterocycles. The summed E-state index contributed by atoms with van der Waals surface area (Å²) in [5, 5.41) is 2.68. The molecule has 2 aromatic carbocycles. The van der Waals surface area contributed by atoms with Crippen LogP contribution in [0.3, 0.4) is 0 Å². The molecule has 94 valence electrons. The summed E-state index contributed by atoms with van der Waals surface area (Å²) in [6.07, 6.45) is 0. The van der Waals surface area contributed by atoms with Crippen LogP contribution in [0.25, 0.3) is 0 Å². The van der Waals surface area contributed by atoms with E-state index in [4.69, 9.17) is 0 Å². The average molecular weight is 251 g/mol. The summed E-state index contributed by atoms with van der Waals surface area (Å²) < 4.78 is 39.3. The summed E-state index contributed by atoms with van der Waals surface area (Å²) in [6.45, 7) is 2.24. The average Bonchev–Trinajstić information content (AvgIpc) is 2.32. The Balaban J connectivity index is 2.15. The summed E-state index contributed by atoms with van der Waals surface area (Å²) in [6, 6.07) is 9.04. The van der Waals surface area contributed by atoms with Gasteiger partial charge in [0.2, 0.25) is 0 Å². The molecule has 0 aromatic heterocycles. The van der Waals surface area contributed by atoms with E-state index in [2.05, 4.69) is 5.32 Å². The number of aryl methyl sites for hydroxylation is 1. The van der Waals surface area contributed by atoms with E-state index in [1.165, 1.54) is 0 Å². The molecule has 0 aliphatic carbocycles. The van der Waals surface area contributed by atoms with Crippen LogP contribution >= 0.6 is 0 Å². The van der Waals surface area contributed by atoms with Gasteiger partial charge in [0.05, 0.1) is 5.69 Å². The van der Waals surface area contributed by atoms with Crippen LogP contribution in [0.4, 0.5) is 18.9 Å². The number of hydrogen-bond donors (Lipinski definition) is 1. The first-order valence-electron chi connectivity index (χ1n) is 5.50. The first-order valence-corrected chi connectivity index (χ1v) is 5.50. The van der Waals surface area contributed by atoms with Crippen molar-refractivity contribution < 1.29 is 13.2 Å². The highest BCUT2D eigenvalue weighted by molar-refractivity contribution is 5.46. The highest BCUT2D eigenvalue weighted by Crippen LogP contribution is 2.20. The minimum atomic E-state index is -1.19. The standard InChI is InChI=1S/C14H12F3N/c1-9-3-2-4-10(5-9)8-18-13-7-11(15)6-12(16)14(13)17/h2-7,18H,8H2,1H3. The van der Waals surface area contributed by atoms with Gasteiger partial charge < -0.3 is 5.32 Å². The van der Waals surface area contributed by atoms with Crippen LogP contribution in [0.5, 0.6) is 0 Å². The predicted molar refractivity (Wildman–Crippen MR) is 64.8 cm³/mol. The Morgan fingerprint density at radius 3 is 2.56 bits per heavy atom. The third-order valence-corrected chi connectivity index (χ3v) is 2.56. The van der Waals surface area contributed by atoms with Gasteiger partial charge in [-0.3, -0.25) is 0 Å². The van der Waals surface area contributed by atoms with Gasteiger partial charge in [-0.2, -0.15) is 0 Å². The lowest BCUT2D eigenvalue weighted by molar-refractivity contribution is 0.497. The molecule has 0 fully saturated rings. The molecule has 0 spiro atoms. The molecule has 0 unspecified atom stereocenters. The number of benzene rings is 2. The monoisotopic (exact) mass is 251 g/mol. The van der Waals surface area contributed by atoms with Gasteiger partial charge in [0.25, 0.3) is 0 Å². The number of anilines is 1. The van der Waals surface area contributed by atoms with Crippen LogP contribution in [0.15, 0.2) is 36.4 Å².